The molecule has 0 aliphatic heterocycles. The molecular weight excluding hydrogens is 448 g/mol. The van der Waals surface area contributed by atoms with Crippen LogP contribution in [0.4, 0.5) is 0 Å². The van der Waals surface area contributed by atoms with Gasteiger partial charge < -0.3 is 14.2 Å². The van der Waals surface area contributed by atoms with Gasteiger partial charge in [-0.1, -0.05) is 78.1 Å². The first-order valence-corrected chi connectivity index (χ1v) is 14.6. The van der Waals surface area contributed by atoms with Crippen molar-refractivity contribution >= 4 is 0 Å². The lowest BCUT2D eigenvalue weighted by molar-refractivity contribution is 0.130. The van der Waals surface area contributed by atoms with Gasteiger partial charge in [0.2, 0.25) is 0 Å². The van der Waals surface area contributed by atoms with E-state index in [9.17, 15) is 0 Å². The predicted molar refractivity (Wildman–Crippen MR) is 150 cm³/mol. The van der Waals surface area contributed by atoms with Gasteiger partial charge in [-0.25, -0.2) is 9.97 Å². The smallest absolute Gasteiger partial charge is 0.159 e. The number of aromatic nitrogens is 2. The van der Waals surface area contributed by atoms with Crippen molar-refractivity contribution in [1.82, 2.24) is 9.97 Å². The van der Waals surface area contributed by atoms with Gasteiger partial charge in [-0.3, -0.25) is 0 Å². The Morgan fingerprint density at radius 2 is 1.00 bits per heavy atom. The van der Waals surface area contributed by atoms with Gasteiger partial charge in [-0.2, -0.15) is 0 Å². The summed E-state index contributed by atoms with van der Waals surface area (Å²) in [7, 11) is 0. The highest BCUT2D eigenvalue weighted by Gasteiger charge is 2.04. The molecule has 0 radical (unpaired) electrons. The van der Waals surface area contributed by atoms with Crippen molar-refractivity contribution < 1.29 is 14.2 Å². The maximum atomic E-state index is 5.92. The van der Waals surface area contributed by atoms with E-state index in [2.05, 4.69) is 23.8 Å². The number of ether oxygens (including phenoxy) is 3. The van der Waals surface area contributed by atoms with Gasteiger partial charge in [-0.05, 0) is 56.4 Å². The molecule has 0 amide bonds. The van der Waals surface area contributed by atoms with E-state index in [1.54, 1.807) is 12.4 Å². The predicted octanol–water partition coefficient (Wildman–Crippen LogP) is 8.81. The third-order valence-electron chi connectivity index (χ3n) is 6.31. The van der Waals surface area contributed by atoms with Crippen LogP contribution in [-0.4, -0.2) is 36.4 Å². The molecule has 5 nitrogen and oxygen atoms in total. The topological polar surface area (TPSA) is 53.5 Å². The van der Waals surface area contributed by atoms with Crippen molar-refractivity contribution in [2.45, 2.75) is 110 Å². The lowest BCUT2D eigenvalue weighted by Crippen LogP contribution is -2.00. The van der Waals surface area contributed by atoms with Crippen molar-refractivity contribution in [1.29, 1.82) is 0 Å². The van der Waals surface area contributed by atoms with E-state index in [4.69, 9.17) is 14.2 Å². The SMILES string of the molecule is CCCCCCCCCCCCOc1ccc(-c2ncc(OCCCCCCOCCC)cn2)cc1. The largest absolute Gasteiger partial charge is 0.494 e. The Morgan fingerprint density at radius 1 is 0.500 bits per heavy atom. The van der Waals surface area contributed by atoms with Gasteiger partial charge in [0.25, 0.3) is 0 Å². The molecule has 0 N–H and O–H groups in total. The van der Waals surface area contributed by atoms with E-state index in [-0.39, 0.29) is 0 Å². The zero-order valence-corrected chi connectivity index (χ0v) is 23.0. The number of rotatable bonds is 23. The molecule has 0 fully saturated rings. The van der Waals surface area contributed by atoms with Crippen molar-refractivity contribution in [2.75, 3.05) is 26.4 Å². The van der Waals surface area contributed by atoms with Gasteiger partial charge >= 0.3 is 0 Å². The minimum atomic E-state index is 0.698. The molecule has 0 atom stereocenters. The van der Waals surface area contributed by atoms with Gasteiger partial charge in [0.05, 0.1) is 25.6 Å². The minimum Gasteiger partial charge on any atom is -0.494 e. The summed E-state index contributed by atoms with van der Waals surface area (Å²) in [6.45, 7) is 7.64. The molecule has 1 heterocycles. The van der Waals surface area contributed by atoms with Crippen LogP contribution in [0.5, 0.6) is 11.5 Å². The van der Waals surface area contributed by atoms with E-state index in [1.165, 1.54) is 64.2 Å². The van der Waals surface area contributed by atoms with Gasteiger partial charge in [-0.15, -0.1) is 0 Å². The number of unbranched alkanes of at least 4 members (excludes halogenated alkanes) is 12. The number of hydrogen-bond donors (Lipinski definition) is 0. The van der Waals surface area contributed by atoms with Crippen molar-refractivity contribution in [2.24, 2.45) is 0 Å². The van der Waals surface area contributed by atoms with Crippen molar-refractivity contribution in [3.8, 4) is 22.9 Å². The summed E-state index contributed by atoms with van der Waals surface area (Å²) in [5.41, 5.74) is 0.984. The van der Waals surface area contributed by atoms with Gasteiger partial charge in [0.1, 0.15) is 5.75 Å². The fourth-order valence-corrected chi connectivity index (χ4v) is 4.12. The standard InChI is InChI=1S/C31H50N2O3/c1-3-5-6-7-8-9-10-11-12-16-24-35-29-20-18-28(19-21-29)31-32-26-30(27-33-31)36-25-17-14-13-15-23-34-22-4-2/h18-21,26-27H,3-17,22-25H2,1-2H3. The lowest BCUT2D eigenvalue weighted by atomic mass is 10.1. The van der Waals surface area contributed by atoms with Crippen molar-refractivity contribution in [3.63, 3.8) is 0 Å². The fourth-order valence-electron chi connectivity index (χ4n) is 4.12. The molecule has 0 spiro atoms. The van der Waals surface area contributed by atoms with E-state index in [0.29, 0.717) is 12.4 Å². The van der Waals surface area contributed by atoms with Crippen LogP contribution in [0.1, 0.15) is 110 Å². The Bertz CT molecular complexity index is 749. The first kappa shape index (κ1) is 30.1. The quantitative estimate of drug-likeness (QED) is 0.143. The summed E-state index contributed by atoms with van der Waals surface area (Å²) in [6.07, 6.45) is 22.5. The first-order chi connectivity index (χ1) is 17.8. The highest BCUT2D eigenvalue weighted by molar-refractivity contribution is 5.56. The highest BCUT2D eigenvalue weighted by atomic mass is 16.5. The summed E-state index contributed by atoms with van der Waals surface area (Å²) < 4.78 is 17.2. The molecule has 36 heavy (non-hydrogen) atoms. The molecular formula is C31H50N2O3. The molecule has 1 aromatic heterocycles. The Kier molecular flexibility index (Phi) is 17.5. The Morgan fingerprint density at radius 3 is 1.56 bits per heavy atom. The van der Waals surface area contributed by atoms with Gasteiger partial charge in [0.15, 0.2) is 11.6 Å². The van der Waals surface area contributed by atoms with Crippen LogP contribution in [0.15, 0.2) is 36.7 Å². The third kappa shape index (κ3) is 14.4. The monoisotopic (exact) mass is 498 g/mol. The molecule has 0 saturated carbocycles. The minimum absolute atomic E-state index is 0.698. The molecule has 5 heteroatoms. The molecule has 0 saturated heterocycles. The molecule has 202 valence electrons. The molecule has 2 aromatic rings. The van der Waals surface area contributed by atoms with Crippen LogP contribution in [0, 0.1) is 0 Å². The molecule has 2 rings (SSSR count). The second-order valence-electron chi connectivity index (χ2n) is 9.67. The van der Waals surface area contributed by atoms with E-state index in [0.717, 1.165) is 69.0 Å². The summed E-state index contributed by atoms with van der Waals surface area (Å²) >= 11 is 0. The van der Waals surface area contributed by atoms with Crippen molar-refractivity contribution in [3.05, 3.63) is 36.7 Å². The fraction of sp³-hybridized carbons (Fsp3) is 0.677. The molecule has 0 aliphatic rings. The second-order valence-corrected chi connectivity index (χ2v) is 9.67. The normalized spacial score (nSPS) is 11.1. The zero-order chi connectivity index (χ0) is 25.5. The maximum absolute atomic E-state index is 5.92. The first-order valence-electron chi connectivity index (χ1n) is 14.6. The van der Waals surface area contributed by atoms with Crippen LogP contribution in [0.25, 0.3) is 11.4 Å². The molecule has 0 aliphatic carbocycles. The van der Waals surface area contributed by atoms with Crippen LogP contribution in [-0.2, 0) is 4.74 Å². The molecule has 0 bridgehead atoms. The Balaban J connectivity index is 1.53. The van der Waals surface area contributed by atoms with Crippen LogP contribution >= 0.6 is 0 Å². The molecule has 0 unspecified atom stereocenters. The van der Waals surface area contributed by atoms with Crippen LogP contribution in [0.3, 0.4) is 0 Å². The average molecular weight is 499 g/mol. The Labute approximate surface area is 220 Å². The zero-order valence-electron chi connectivity index (χ0n) is 23.0. The second kappa shape index (κ2) is 21.0. The third-order valence-corrected chi connectivity index (χ3v) is 6.31. The maximum Gasteiger partial charge on any atom is 0.159 e. The van der Waals surface area contributed by atoms with Crippen LogP contribution < -0.4 is 9.47 Å². The summed E-state index contributed by atoms with van der Waals surface area (Å²) in [4.78, 5) is 8.95. The molecule has 1 aromatic carbocycles. The summed E-state index contributed by atoms with van der Waals surface area (Å²) in [5.74, 6) is 2.34. The summed E-state index contributed by atoms with van der Waals surface area (Å²) in [6, 6.07) is 8.06. The number of hydrogen-bond acceptors (Lipinski definition) is 5. The Hall–Kier alpha value is -2.14. The number of nitrogens with zero attached hydrogens (tertiary/aromatic N) is 2. The van der Waals surface area contributed by atoms with E-state index < -0.39 is 0 Å². The van der Waals surface area contributed by atoms with E-state index in [1.807, 2.05) is 24.3 Å². The van der Waals surface area contributed by atoms with Crippen LogP contribution in [0.2, 0.25) is 0 Å². The highest BCUT2D eigenvalue weighted by Crippen LogP contribution is 2.21. The van der Waals surface area contributed by atoms with E-state index >= 15 is 0 Å². The van der Waals surface area contributed by atoms with Gasteiger partial charge in [0, 0.05) is 18.8 Å². The number of benzene rings is 1. The summed E-state index contributed by atoms with van der Waals surface area (Å²) in [5, 5.41) is 0. The average Bonchev–Trinajstić information content (AvgIpc) is 2.91. The lowest BCUT2D eigenvalue weighted by Gasteiger charge is -2.08.